The molecule has 1 atom stereocenters. The van der Waals surface area contributed by atoms with E-state index in [1.54, 1.807) is 26.0 Å². The van der Waals surface area contributed by atoms with Crippen LogP contribution in [-0.4, -0.2) is 34.7 Å². The van der Waals surface area contributed by atoms with Crippen molar-refractivity contribution in [1.82, 2.24) is 5.32 Å². The fourth-order valence-corrected chi connectivity index (χ4v) is 2.31. The van der Waals surface area contributed by atoms with E-state index < -0.39 is 18.0 Å². The fourth-order valence-electron chi connectivity index (χ4n) is 2.31. The van der Waals surface area contributed by atoms with E-state index in [1.165, 1.54) is 0 Å². The monoisotopic (exact) mass is 293 g/mol. The lowest BCUT2D eigenvalue weighted by molar-refractivity contribution is 0.0689. The van der Waals surface area contributed by atoms with E-state index >= 15 is 0 Å². The van der Waals surface area contributed by atoms with Crippen LogP contribution in [0.4, 0.5) is 0 Å². The van der Waals surface area contributed by atoms with Crippen molar-refractivity contribution < 1.29 is 19.8 Å². The number of aliphatic hydroxyl groups excluding tert-OH is 1. The number of benzene rings is 1. The Morgan fingerprint density at radius 1 is 1.14 bits per heavy atom. The highest BCUT2D eigenvalue weighted by atomic mass is 16.4. The van der Waals surface area contributed by atoms with Gasteiger partial charge in [0.25, 0.3) is 5.91 Å². The minimum Gasteiger partial charge on any atom is -0.478 e. The van der Waals surface area contributed by atoms with Crippen LogP contribution in [-0.2, 0) is 0 Å². The Morgan fingerprint density at radius 2 is 1.67 bits per heavy atom. The maximum absolute atomic E-state index is 12.2. The predicted octanol–water partition coefficient (Wildman–Crippen LogP) is 2.14. The molecule has 1 unspecified atom stereocenters. The van der Waals surface area contributed by atoms with Crippen LogP contribution < -0.4 is 5.32 Å². The molecule has 1 rings (SSSR count). The van der Waals surface area contributed by atoms with Gasteiger partial charge in [0, 0.05) is 6.54 Å². The Kier molecular flexibility index (Phi) is 5.90. The van der Waals surface area contributed by atoms with Gasteiger partial charge in [-0.2, -0.15) is 0 Å². The highest BCUT2D eigenvalue weighted by molar-refractivity contribution is 6.06. The molecule has 0 radical (unpaired) electrons. The Labute approximate surface area is 125 Å². The van der Waals surface area contributed by atoms with Gasteiger partial charge in [0.05, 0.1) is 17.2 Å². The number of carbonyl (C=O) groups excluding carboxylic acids is 1. The number of rotatable bonds is 6. The summed E-state index contributed by atoms with van der Waals surface area (Å²) >= 11 is 0. The van der Waals surface area contributed by atoms with Gasteiger partial charge >= 0.3 is 5.97 Å². The second kappa shape index (κ2) is 7.22. The molecule has 0 spiro atoms. The second-order valence-electron chi connectivity index (χ2n) is 5.75. The molecule has 0 fully saturated rings. The third kappa shape index (κ3) is 4.56. The molecule has 21 heavy (non-hydrogen) atoms. The molecule has 0 aliphatic carbocycles. The molecule has 0 saturated carbocycles. The topological polar surface area (TPSA) is 86.6 Å². The number of carboxylic acid groups (broad SMARTS) is 1. The Hall–Kier alpha value is -1.88. The Bertz CT molecular complexity index is 537. The molecule has 1 aromatic rings. The van der Waals surface area contributed by atoms with Crippen molar-refractivity contribution in [3.05, 3.63) is 34.4 Å². The normalized spacial score (nSPS) is 12.3. The van der Waals surface area contributed by atoms with Crippen molar-refractivity contribution in [3.63, 3.8) is 0 Å². The van der Waals surface area contributed by atoms with Gasteiger partial charge in [-0.1, -0.05) is 26.0 Å². The van der Waals surface area contributed by atoms with Crippen molar-refractivity contribution in [2.75, 3.05) is 6.54 Å². The van der Waals surface area contributed by atoms with E-state index in [0.717, 1.165) is 0 Å². The van der Waals surface area contributed by atoms with Crippen LogP contribution in [0, 0.1) is 19.8 Å². The molecule has 1 aromatic carbocycles. The minimum atomic E-state index is -1.12. The summed E-state index contributed by atoms with van der Waals surface area (Å²) in [5.41, 5.74) is 1.33. The average Bonchev–Trinajstić information content (AvgIpc) is 2.37. The van der Waals surface area contributed by atoms with E-state index in [4.69, 9.17) is 0 Å². The molecule has 0 heterocycles. The summed E-state index contributed by atoms with van der Waals surface area (Å²) in [5.74, 6) is -1.26. The zero-order valence-electron chi connectivity index (χ0n) is 12.9. The van der Waals surface area contributed by atoms with Crippen LogP contribution in [0.3, 0.4) is 0 Å². The lowest BCUT2D eigenvalue weighted by atomic mass is 9.96. The first-order valence-corrected chi connectivity index (χ1v) is 7.03. The summed E-state index contributed by atoms with van der Waals surface area (Å²) in [7, 11) is 0. The third-order valence-corrected chi connectivity index (χ3v) is 3.30. The smallest absolute Gasteiger partial charge is 0.336 e. The van der Waals surface area contributed by atoms with Crippen LogP contribution in [0.25, 0.3) is 0 Å². The summed E-state index contributed by atoms with van der Waals surface area (Å²) < 4.78 is 0. The third-order valence-electron chi connectivity index (χ3n) is 3.30. The van der Waals surface area contributed by atoms with E-state index in [0.29, 0.717) is 23.5 Å². The molecule has 5 heteroatoms. The molecule has 3 N–H and O–H groups in total. The van der Waals surface area contributed by atoms with Crippen molar-refractivity contribution in [3.8, 4) is 0 Å². The van der Waals surface area contributed by atoms with Crippen molar-refractivity contribution in [2.45, 2.75) is 40.2 Å². The molecule has 1 amide bonds. The van der Waals surface area contributed by atoms with Crippen molar-refractivity contribution in [1.29, 1.82) is 0 Å². The minimum absolute atomic E-state index is 0.0193. The predicted molar refractivity (Wildman–Crippen MR) is 80.7 cm³/mol. The van der Waals surface area contributed by atoms with E-state index in [2.05, 4.69) is 5.32 Å². The first-order chi connectivity index (χ1) is 9.73. The number of aromatic carboxylic acids is 1. The van der Waals surface area contributed by atoms with E-state index in [1.807, 2.05) is 13.8 Å². The number of carbonyl (C=O) groups is 2. The van der Waals surface area contributed by atoms with Gasteiger partial charge in [-0.3, -0.25) is 4.79 Å². The van der Waals surface area contributed by atoms with E-state index in [-0.39, 0.29) is 17.7 Å². The first-order valence-electron chi connectivity index (χ1n) is 7.03. The van der Waals surface area contributed by atoms with Gasteiger partial charge in [0.1, 0.15) is 0 Å². The van der Waals surface area contributed by atoms with Gasteiger partial charge in [-0.15, -0.1) is 0 Å². The molecule has 0 aromatic heterocycles. The number of nitrogens with one attached hydrogen (secondary N) is 1. The lowest BCUT2D eigenvalue weighted by Crippen LogP contribution is -2.34. The fraction of sp³-hybridized carbons (Fsp3) is 0.500. The molecule has 0 bridgehead atoms. The van der Waals surface area contributed by atoms with E-state index in [9.17, 15) is 19.8 Å². The lowest BCUT2D eigenvalue weighted by Gasteiger charge is -2.16. The zero-order valence-corrected chi connectivity index (χ0v) is 12.9. The maximum Gasteiger partial charge on any atom is 0.336 e. The largest absolute Gasteiger partial charge is 0.478 e. The van der Waals surface area contributed by atoms with Gasteiger partial charge < -0.3 is 15.5 Å². The number of carboxylic acids is 1. The zero-order chi connectivity index (χ0) is 16.2. The van der Waals surface area contributed by atoms with Crippen molar-refractivity contribution >= 4 is 11.9 Å². The first kappa shape index (κ1) is 17.2. The second-order valence-corrected chi connectivity index (χ2v) is 5.75. The number of aryl methyl sites for hydroxylation is 2. The van der Waals surface area contributed by atoms with Crippen LogP contribution in [0.1, 0.15) is 52.1 Å². The molecule has 5 nitrogen and oxygen atoms in total. The van der Waals surface area contributed by atoms with Crippen LogP contribution in [0.5, 0.6) is 0 Å². The van der Waals surface area contributed by atoms with Crippen LogP contribution in [0.2, 0.25) is 0 Å². The average molecular weight is 293 g/mol. The summed E-state index contributed by atoms with van der Waals surface area (Å²) in [6.07, 6.45) is -0.0499. The Balaban J connectivity index is 2.93. The summed E-state index contributed by atoms with van der Waals surface area (Å²) in [6, 6.07) is 3.41. The van der Waals surface area contributed by atoms with Crippen LogP contribution >= 0.6 is 0 Å². The summed E-state index contributed by atoms with van der Waals surface area (Å²) in [4.78, 5) is 23.6. The maximum atomic E-state index is 12.2. The highest BCUT2D eigenvalue weighted by Crippen LogP contribution is 2.19. The summed E-state index contributed by atoms with van der Waals surface area (Å²) in [6.45, 7) is 7.44. The Morgan fingerprint density at radius 3 is 2.14 bits per heavy atom. The molecule has 0 aliphatic heterocycles. The van der Waals surface area contributed by atoms with Gasteiger partial charge in [0.2, 0.25) is 0 Å². The quantitative estimate of drug-likeness (QED) is 0.750. The van der Waals surface area contributed by atoms with Gasteiger partial charge in [-0.05, 0) is 37.3 Å². The SMILES string of the molecule is Cc1ccc(C)c(C(=O)NCC(O)CC(C)C)c1C(=O)O. The highest BCUT2D eigenvalue weighted by Gasteiger charge is 2.21. The van der Waals surface area contributed by atoms with Gasteiger partial charge in [0.15, 0.2) is 0 Å². The standard InChI is InChI=1S/C16H23NO4/c1-9(2)7-12(18)8-17-15(19)13-10(3)5-6-11(4)14(13)16(20)21/h5-6,9,12,18H,7-8H2,1-4H3,(H,17,19)(H,20,21). The molecular formula is C16H23NO4. The number of hydrogen-bond donors (Lipinski definition) is 3. The molecular weight excluding hydrogens is 270 g/mol. The molecule has 0 saturated heterocycles. The van der Waals surface area contributed by atoms with Gasteiger partial charge in [-0.25, -0.2) is 4.79 Å². The van der Waals surface area contributed by atoms with Crippen LogP contribution in [0.15, 0.2) is 12.1 Å². The molecule has 116 valence electrons. The van der Waals surface area contributed by atoms with Crippen molar-refractivity contribution in [2.24, 2.45) is 5.92 Å². The summed E-state index contributed by atoms with van der Waals surface area (Å²) in [5, 5.41) is 21.7. The molecule has 0 aliphatic rings. The number of aliphatic hydroxyl groups is 1. The number of amides is 1. The number of hydrogen-bond acceptors (Lipinski definition) is 3.